The van der Waals surface area contributed by atoms with Gasteiger partial charge in [-0.05, 0) is 43.2 Å². The summed E-state index contributed by atoms with van der Waals surface area (Å²) >= 11 is 13.7. The van der Waals surface area contributed by atoms with Crippen molar-refractivity contribution < 1.29 is 14.0 Å². The van der Waals surface area contributed by atoms with Gasteiger partial charge in [0.2, 0.25) is 5.91 Å². The zero-order valence-corrected chi connectivity index (χ0v) is 16.8. The highest BCUT2D eigenvalue weighted by Gasteiger charge is 2.48. The van der Waals surface area contributed by atoms with E-state index < -0.39 is 0 Å². The van der Waals surface area contributed by atoms with Gasteiger partial charge in [-0.3, -0.25) is 9.59 Å². The van der Waals surface area contributed by atoms with E-state index in [1.165, 1.54) is 0 Å². The first kappa shape index (κ1) is 18.7. The topological polar surface area (TPSA) is 53.8 Å². The van der Waals surface area contributed by atoms with Crippen LogP contribution in [0.4, 0.5) is 0 Å². The summed E-state index contributed by atoms with van der Waals surface area (Å²) in [5.41, 5.74) is 0.492. The van der Waals surface area contributed by atoms with Crippen LogP contribution < -0.4 is 0 Å². The number of furan rings is 1. The lowest BCUT2D eigenvalue weighted by molar-refractivity contribution is -0.132. The summed E-state index contributed by atoms with van der Waals surface area (Å²) in [4.78, 5) is 28.7. The van der Waals surface area contributed by atoms with Gasteiger partial charge in [0.15, 0.2) is 0 Å². The molecular formula is C19H18Cl2N2O3S. The molecule has 0 bridgehead atoms. The molecule has 2 aliphatic rings. The van der Waals surface area contributed by atoms with E-state index in [0.717, 1.165) is 18.6 Å². The normalized spacial score (nSPS) is 19.1. The molecule has 5 nitrogen and oxygen atoms in total. The second kappa shape index (κ2) is 7.41. The van der Waals surface area contributed by atoms with Crippen molar-refractivity contribution >= 4 is 46.8 Å². The van der Waals surface area contributed by atoms with E-state index in [1.807, 2.05) is 21.9 Å². The number of amides is 2. The first-order valence-corrected chi connectivity index (χ1v) is 10.4. The summed E-state index contributed by atoms with van der Waals surface area (Å²) in [7, 11) is 0. The standard InChI is InChI=1S/C19H18Cl2N2O3S/c20-14-8-13(9-15(21)10-14)18(25)22-5-3-19(4-6-22)23(17(24)12-27-19)11-16-2-1-7-26-16/h1-2,7-10H,3-6,11-12H2. The van der Waals surface area contributed by atoms with Crippen molar-refractivity contribution in [3.8, 4) is 0 Å². The fraction of sp³-hybridized carbons (Fsp3) is 0.368. The molecule has 0 saturated carbocycles. The molecule has 2 aromatic rings. The van der Waals surface area contributed by atoms with Crippen LogP contribution in [0.1, 0.15) is 29.0 Å². The number of nitrogens with zero attached hydrogens (tertiary/aromatic N) is 2. The fourth-order valence-corrected chi connectivity index (χ4v) is 5.57. The zero-order valence-electron chi connectivity index (χ0n) is 14.5. The van der Waals surface area contributed by atoms with Crippen molar-refractivity contribution in [2.24, 2.45) is 0 Å². The van der Waals surface area contributed by atoms with Crippen LogP contribution in [0.25, 0.3) is 0 Å². The van der Waals surface area contributed by atoms with Crippen LogP contribution in [0.2, 0.25) is 10.0 Å². The monoisotopic (exact) mass is 424 g/mol. The van der Waals surface area contributed by atoms with E-state index in [2.05, 4.69) is 0 Å². The molecule has 0 aliphatic carbocycles. The summed E-state index contributed by atoms with van der Waals surface area (Å²) in [6.45, 7) is 1.63. The van der Waals surface area contributed by atoms with Crippen LogP contribution in [-0.2, 0) is 11.3 Å². The van der Waals surface area contributed by atoms with Gasteiger partial charge in [0.25, 0.3) is 5.91 Å². The Morgan fingerprint density at radius 2 is 1.89 bits per heavy atom. The molecule has 4 rings (SSSR count). The van der Waals surface area contributed by atoms with Gasteiger partial charge in [-0.2, -0.15) is 0 Å². The Balaban J connectivity index is 1.47. The van der Waals surface area contributed by atoms with Crippen molar-refractivity contribution in [3.63, 3.8) is 0 Å². The molecule has 142 valence electrons. The number of hydrogen-bond donors (Lipinski definition) is 0. The van der Waals surface area contributed by atoms with Gasteiger partial charge in [-0.25, -0.2) is 0 Å². The van der Waals surface area contributed by atoms with Crippen LogP contribution in [0.5, 0.6) is 0 Å². The number of likely N-dealkylation sites (tertiary alicyclic amines) is 1. The molecule has 2 amide bonds. The maximum atomic E-state index is 12.8. The van der Waals surface area contributed by atoms with Crippen LogP contribution in [0, 0.1) is 0 Å². The van der Waals surface area contributed by atoms with Gasteiger partial charge >= 0.3 is 0 Å². The Morgan fingerprint density at radius 1 is 1.19 bits per heavy atom. The molecule has 1 aromatic carbocycles. The second-order valence-electron chi connectivity index (χ2n) is 6.74. The summed E-state index contributed by atoms with van der Waals surface area (Å²) in [6, 6.07) is 8.59. The third-order valence-electron chi connectivity index (χ3n) is 5.09. The third-order valence-corrected chi connectivity index (χ3v) is 7.09. The van der Waals surface area contributed by atoms with E-state index >= 15 is 0 Å². The predicted octanol–water partition coefficient (Wildman–Crippen LogP) is 4.29. The van der Waals surface area contributed by atoms with Crippen LogP contribution in [-0.4, -0.2) is 45.3 Å². The van der Waals surface area contributed by atoms with Gasteiger partial charge < -0.3 is 14.2 Å². The van der Waals surface area contributed by atoms with Gasteiger partial charge in [0.1, 0.15) is 5.76 Å². The van der Waals surface area contributed by atoms with Crippen LogP contribution in [0.15, 0.2) is 41.0 Å². The van der Waals surface area contributed by atoms with Crippen molar-refractivity contribution in [2.75, 3.05) is 18.8 Å². The highest BCUT2D eigenvalue weighted by atomic mass is 35.5. The smallest absolute Gasteiger partial charge is 0.253 e. The lowest BCUT2D eigenvalue weighted by Crippen LogP contribution is -2.52. The Morgan fingerprint density at radius 3 is 2.52 bits per heavy atom. The number of thioether (sulfide) groups is 1. The van der Waals surface area contributed by atoms with E-state index in [1.54, 1.807) is 36.2 Å². The molecule has 3 heterocycles. The molecule has 2 fully saturated rings. The third kappa shape index (κ3) is 3.71. The quantitative estimate of drug-likeness (QED) is 0.736. The lowest BCUT2D eigenvalue weighted by Gasteiger charge is -2.43. The fourth-order valence-electron chi connectivity index (χ4n) is 3.70. The van der Waals surface area contributed by atoms with E-state index in [4.69, 9.17) is 27.6 Å². The van der Waals surface area contributed by atoms with Gasteiger partial charge in [0.05, 0.1) is 23.4 Å². The molecule has 8 heteroatoms. The molecular weight excluding hydrogens is 407 g/mol. The summed E-state index contributed by atoms with van der Waals surface area (Å²) in [6.07, 6.45) is 3.07. The second-order valence-corrected chi connectivity index (χ2v) is 8.95. The largest absolute Gasteiger partial charge is 0.467 e. The Bertz CT molecular complexity index is 844. The zero-order chi connectivity index (χ0) is 19.0. The average molecular weight is 425 g/mol. The minimum atomic E-state index is -0.271. The van der Waals surface area contributed by atoms with Crippen LogP contribution >= 0.6 is 35.0 Å². The number of halogens is 2. The lowest BCUT2D eigenvalue weighted by atomic mass is 10.0. The SMILES string of the molecule is O=C(c1cc(Cl)cc(Cl)c1)N1CCC2(CC1)SCC(=O)N2Cc1ccco1. The van der Waals surface area contributed by atoms with Crippen molar-refractivity contribution in [1.82, 2.24) is 9.80 Å². The minimum Gasteiger partial charge on any atom is -0.467 e. The van der Waals surface area contributed by atoms with E-state index in [0.29, 0.717) is 41.0 Å². The number of rotatable bonds is 3. The number of carbonyl (C=O) groups excluding carboxylic acids is 2. The Kier molecular flexibility index (Phi) is 5.14. The molecule has 0 unspecified atom stereocenters. The highest BCUT2D eigenvalue weighted by molar-refractivity contribution is 8.01. The van der Waals surface area contributed by atoms with E-state index in [9.17, 15) is 9.59 Å². The molecule has 0 radical (unpaired) electrons. The molecule has 0 N–H and O–H groups in total. The number of piperidine rings is 1. The van der Waals surface area contributed by atoms with Crippen molar-refractivity contribution in [2.45, 2.75) is 24.3 Å². The predicted molar refractivity (Wildman–Crippen MR) is 106 cm³/mol. The van der Waals surface area contributed by atoms with Crippen LogP contribution in [0.3, 0.4) is 0 Å². The summed E-state index contributed by atoms with van der Waals surface area (Å²) < 4.78 is 5.42. The molecule has 2 aliphatic heterocycles. The molecule has 2 saturated heterocycles. The maximum Gasteiger partial charge on any atom is 0.253 e. The van der Waals surface area contributed by atoms with Gasteiger partial charge in [0, 0.05) is 28.7 Å². The summed E-state index contributed by atoms with van der Waals surface area (Å²) in [5.74, 6) is 1.29. The molecule has 0 atom stereocenters. The minimum absolute atomic E-state index is 0.0823. The number of benzene rings is 1. The molecule has 1 aromatic heterocycles. The first-order chi connectivity index (χ1) is 13.0. The average Bonchev–Trinajstić information content (AvgIpc) is 3.26. The highest BCUT2D eigenvalue weighted by Crippen LogP contribution is 2.45. The molecule has 27 heavy (non-hydrogen) atoms. The maximum absolute atomic E-state index is 12.8. The first-order valence-electron chi connectivity index (χ1n) is 8.69. The van der Waals surface area contributed by atoms with Gasteiger partial charge in [-0.1, -0.05) is 23.2 Å². The number of carbonyl (C=O) groups is 2. The molecule has 1 spiro atoms. The van der Waals surface area contributed by atoms with Gasteiger partial charge in [-0.15, -0.1) is 11.8 Å². The van der Waals surface area contributed by atoms with E-state index in [-0.39, 0.29) is 16.7 Å². The van der Waals surface area contributed by atoms with Crippen molar-refractivity contribution in [3.05, 3.63) is 58.0 Å². The van der Waals surface area contributed by atoms with Crippen molar-refractivity contribution in [1.29, 1.82) is 0 Å². The number of hydrogen-bond acceptors (Lipinski definition) is 4. The summed E-state index contributed by atoms with van der Waals surface area (Å²) in [5, 5.41) is 0.891. The Labute approximate surface area is 171 Å². The Hall–Kier alpha value is -1.63.